The van der Waals surface area contributed by atoms with Gasteiger partial charge in [0.1, 0.15) is 12.4 Å². The lowest BCUT2D eigenvalue weighted by Gasteiger charge is -2.14. The van der Waals surface area contributed by atoms with E-state index in [0.717, 1.165) is 11.3 Å². The SMILES string of the molecule is CC(N)c1cc(Cl)ccc1OCc1ccsc1. The van der Waals surface area contributed by atoms with Crippen molar-refractivity contribution in [3.8, 4) is 5.75 Å². The van der Waals surface area contributed by atoms with E-state index in [1.165, 1.54) is 5.56 Å². The minimum absolute atomic E-state index is 0.0915. The van der Waals surface area contributed by atoms with Crippen LogP contribution in [0.1, 0.15) is 24.1 Å². The summed E-state index contributed by atoms with van der Waals surface area (Å²) in [6, 6.07) is 7.50. The van der Waals surface area contributed by atoms with Gasteiger partial charge >= 0.3 is 0 Å². The van der Waals surface area contributed by atoms with Gasteiger partial charge in [0.25, 0.3) is 0 Å². The van der Waals surface area contributed by atoms with Gasteiger partial charge in [-0.15, -0.1) is 0 Å². The highest BCUT2D eigenvalue weighted by molar-refractivity contribution is 7.07. The molecule has 2 rings (SSSR count). The summed E-state index contributed by atoms with van der Waals surface area (Å²) < 4.78 is 5.77. The molecule has 0 amide bonds. The van der Waals surface area contributed by atoms with Gasteiger partial charge in [-0.1, -0.05) is 11.6 Å². The number of hydrogen-bond acceptors (Lipinski definition) is 3. The first-order valence-corrected chi connectivity index (χ1v) is 6.68. The van der Waals surface area contributed by atoms with Crippen molar-refractivity contribution in [1.82, 2.24) is 0 Å². The average Bonchev–Trinajstić information content (AvgIpc) is 2.80. The molecule has 0 aliphatic heterocycles. The summed E-state index contributed by atoms with van der Waals surface area (Å²) in [5.41, 5.74) is 8.00. The van der Waals surface area contributed by atoms with Crippen LogP contribution in [0.2, 0.25) is 5.02 Å². The standard InChI is InChI=1S/C13H14ClNOS/c1-9(15)12-6-11(14)2-3-13(12)16-7-10-4-5-17-8-10/h2-6,8-9H,7,15H2,1H3. The van der Waals surface area contributed by atoms with Crippen molar-refractivity contribution in [2.45, 2.75) is 19.6 Å². The Labute approximate surface area is 110 Å². The lowest BCUT2D eigenvalue weighted by Crippen LogP contribution is -2.08. The van der Waals surface area contributed by atoms with E-state index in [0.29, 0.717) is 11.6 Å². The summed E-state index contributed by atoms with van der Waals surface area (Å²) in [6.45, 7) is 2.48. The second-order valence-electron chi connectivity index (χ2n) is 3.89. The number of halogens is 1. The Morgan fingerprint density at radius 3 is 2.88 bits per heavy atom. The number of hydrogen-bond donors (Lipinski definition) is 1. The molecule has 4 heteroatoms. The van der Waals surface area contributed by atoms with Crippen LogP contribution in [0.5, 0.6) is 5.75 Å². The fraction of sp³-hybridized carbons (Fsp3) is 0.231. The smallest absolute Gasteiger partial charge is 0.124 e. The van der Waals surface area contributed by atoms with Crippen molar-refractivity contribution in [3.63, 3.8) is 0 Å². The molecule has 0 aliphatic carbocycles. The molecule has 1 atom stereocenters. The van der Waals surface area contributed by atoms with E-state index in [-0.39, 0.29) is 6.04 Å². The fourth-order valence-corrected chi connectivity index (χ4v) is 2.38. The van der Waals surface area contributed by atoms with Crippen LogP contribution in [-0.2, 0) is 6.61 Å². The molecule has 2 N–H and O–H groups in total. The molecule has 2 aromatic rings. The summed E-state index contributed by atoms with van der Waals surface area (Å²) in [5.74, 6) is 0.801. The minimum Gasteiger partial charge on any atom is -0.489 e. The highest BCUT2D eigenvalue weighted by Crippen LogP contribution is 2.28. The highest BCUT2D eigenvalue weighted by atomic mass is 35.5. The van der Waals surface area contributed by atoms with Crippen LogP contribution >= 0.6 is 22.9 Å². The monoisotopic (exact) mass is 267 g/mol. The maximum absolute atomic E-state index is 5.95. The van der Waals surface area contributed by atoms with Crippen LogP contribution in [0.15, 0.2) is 35.0 Å². The minimum atomic E-state index is -0.0915. The third-order valence-corrected chi connectivity index (χ3v) is 3.40. The Kier molecular flexibility index (Phi) is 4.05. The normalized spacial score (nSPS) is 12.4. The van der Waals surface area contributed by atoms with E-state index in [9.17, 15) is 0 Å². The van der Waals surface area contributed by atoms with Crippen molar-refractivity contribution in [2.24, 2.45) is 5.73 Å². The van der Waals surface area contributed by atoms with Crippen LogP contribution in [0, 0.1) is 0 Å². The largest absolute Gasteiger partial charge is 0.489 e. The van der Waals surface area contributed by atoms with E-state index in [2.05, 4.69) is 5.38 Å². The molecule has 90 valence electrons. The third-order valence-electron chi connectivity index (χ3n) is 2.44. The first-order chi connectivity index (χ1) is 8.16. The first-order valence-electron chi connectivity index (χ1n) is 5.35. The summed E-state index contributed by atoms with van der Waals surface area (Å²) >= 11 is 7.61. The summed E-state index contributed by atoms with van der Waals surface area (Å²) in [5, 5.41) is 4.79. The van der Waals surface area contributed by atoms with Crippen molar-refractivity contribution >= 4 is 22.9 Å². The number of thiophene rings is 1. The van der Waals surface area contributed by atoms with Gasteiger partial charge in [-0.05, 0) is 47.5 Å². The van der Waals surface area contributed by atoms with Crippen LogP contribution in [0.3, 0.4) is 0 Å². The van der Waals surface area contributed by atoms with Gasteiger partial charge < -0.3 is 10.5 Å². The molecular weight excluding hydrogens is 254 g/mol. The summed E-state index contributed by atoms with van der Waals surface area (Å²) in [4.78, 5) is 0. The molecule has 1 aromatic carbocycles. The van der Waals surface area contributed by atoms with Gasteiger partial charge in [-0.25, -0.2) is 0 Å². The zero-order valence-corrected chi connectivity index (χ0v) is 11.1. The van der Waals surface area contributed by atoms with E-state index in [4.69, 9.17) is 22.1 Å². The molecule has 0 saturated heterocycles. The molecule has 0 radical (unpaired) electrons. The third kappa shape index (κ3) is 3.22. The topological polar surface area (TPSA) is 35.2 Å². The van der Waals surface area contributed by atoms with E-state index >= 15 is 0 Å². The Hall–Kier alpha value is -1.03. The molecule has 1 unspecified atom stereocenters. The van der Waals surface area contributed by atoms with Crippen LogP contribution in [0.4, 0.5) is 0 Å². The maximum Gasteiger partial charge on any atom is 0.124 e. The quantitative estimate of drug-likeness (QED) is 0.909. The van der Waals surface area contributed by atoms with E-state index in [1.54, 1.807) is 11.3 Å². The van der Waals surface area contributed by atoms with Crippen LogP contribution in [0.25, 0.3) is 0 Å². The molecule has 2 nitrogen and oxygen atoms in total. The number of benzene rings is 1. The molecule has 0 fully saturated rings. The zero-order chi connectivity index (χ0) is 12.3. The Balaban J connectivity index is 2.14. The molecule has 0 saturated carbocycles. The predicted octanol–water partition coefficient (Wildman–Crippen LogP) is 4.00. The summed E-state index contributed by atoms with van der Waals surface area (Å²) in [7, 11) is 0. The molecule has 17 heavy (non-hydrogen) atoms. The van der Waals surface area contributed by atoms with E-state index in [1.807, 2.05) is 36.6 Å². The average molecular weight is 268 g/mol. The Morgan fingerprint density at radius 1 is 1.41 bits per heavy atom. The van der Waals surface area contributed by atoms with Crippen LogP contribution < -0.4 is 10.5 Å². The van der Waals surface area contributed by atoms with Crippen molar-refractivity contribution in [3.05, 3.63) is 51.2 Å². The van der Waals surface area contributed by atoms with Crippen molar-refractivity contribution < 1.29 is 4.74 Å². The fourth-order valence-electron chi connectivity index (χ4n) is 1.54. The molecule has 1 heterocycles. The number of rotatable bonds is 4. The van der Waals surface area contributed by atoms with Crippen LogP contribution in [-0.4, -0.2) is 0 Å². The predicted molar refractivity (Wildman–Crippen MR) is 72.7 cm³/mol. The van der Waals surface area contributed by atoms with Gasteiger partial charge in [-0.3, -0.25) is 0 Å². The molecule has 1 aromatic heterocycles. The van der Waals surface area contributed by atoms with Gasteiger partial charge in [0.05, 0.1) is 0 Å². The lowest BCUT2D eigenvalue weighted by atomic mass is 10.1. The molecule has 0 aliphatic rings. The Morgan fingerprint density at radius 2 is 2.24 bits per heavy atom. The van der Waals surface area contributed by atoms with Gasteiger partial charge in [-0.2, -0.15) is 11.3 Å². The van der Waals surface area contributed by atoms with Gasteiger partial charge in [0, 0.05) is 16.6 Å². The maximum atomic E-state index is 5.95. The lowest BCUT2D eigenvalue weighted by molar-refractivity contribution is 0.302. The second-order valence-corrected chi connectivity index (χ2v) is 5.11. The summed E-state index contributed by atoms with van der Waals surface area (Å²) in [6.07, 6.45) is 0. The molecule has 0 spiro atoms. The number of nitrogens with two attached hydrogens (primary N) is 1. The first kappa shape index (κ1) is 12.4. The van der Waals surface area contributed by atoms with Crippen molar-refractivity contribution in [1.29, 1.82) is 0 Å². The van der Waals surface area contributed by atoms with Gasteiger partial charge in [0.15, 0.2) is 0 Å². The van der Waals surface area contributed by atoms with Gasteiger partial charge in [0.2, 0.25) is 0 Å². The zero-order valence-electron chi connectivity index (χ0n) is 9.52. The Bertz CT molecular complexity index is 482. The molecular formula is C13H14ClNOS. The van der Waals surface area contributed by atoms with Crippen molar-refractivity contribution in [2.75, 3.05) is 0 Å². The van der Waals surface area contributed by atoms with E-state index < -0.39 is 0 Å². The highest BCUT2D eigenvalue weighted by Gasteiger charge is 2.09. The molecule has 0 bridgehead atoms. The second kappa shape index (κ2) is 5.54. The number of ether oxygens (including phenoxy) is 1.